The molecule has 5 heteroatoms. The Morgan fingerprint density at radius 1 is 1.08 bits per heavy atom. The van der Waals surface area contributed by atoms with E-state index >= 15 is 4.39 Å². The van der Waals surface area contributed by atoms with Gasteiger partial charge in [0.25, 0.3) is 0 Å². The molecule has 136 valence electrons. The first-order valence-electron chi connectivity index (χ1n) is 8.31. The number of hydrogen-bond donors (Lipinski definition) is 1. The first-order valence-corrected chi connectivity index (χ1v) is 9.46. The summed E-state index contributed by atoms with van der Waals surface area (Å²) in [4.78, 5) is 0. The average Bonchev–Trinajstić information content (AvgIpc) is 2.59. The van der Waals surface area contributed by atoms with E-state index in [4.69, 9.17) is 4.74 Å². The molecule has 0 spiro atoms. The molecule has 1 N–H and O–H groups in total. The van der Waals surface area contributed by atoms with Gasteiger partial charge in [0, 0.05) is 6.42 Å². The van der Waals surface area contributed by atoms with Crippen molar-refractivity contribution < 1.29 is 13.3 Å². The summed E-state index contributed by atoms with van der Waals surface area (Å²) in [6.45, 7) is 5.60. The normalized spacial score (nSPS) is 15.4. The van der Waals surface area contributed by atoms with E-state index < -0.39 is 27.9 Å². The van der Waals surface area contributed by atoms with E-state index in [9.17, 15) is 4.21 Å². The standard InChI is InChI=1S/C20H26FNO2S/c1-20(2,3)25(23)22-19(16-10-12-17(24-4)13-11-16)18(21)14-15-8-6-5-7-9-15/h5-13,18-19,22H,14H2,1-4H3/t18-,19-,25?/m1/s1. The molecule has 2 aromatic carbocycles. The van der Waals surface area contributed by atoms with Crippen LogP contribution in [0.25, 0.3) is 0 Å². The number of benzene rings is 2. The topological polar surface area (TPSA) is 38.3 Å². The zero-order chi connectivity index (χ0) is 18.4. The number of hydrogen-bond acceptors (Lipinski definition) is 2. The number of methoxy groups -OCH3 is 1. The highest BCUT2D eigenvalue weighted by molar-refractivity contribution is 7.84. The molecule has 0 aliphatic carbocycles. The molecule has 0 bridgehead atoms. The van der Waals surface area contributed by atoms with E-state index in [1.807, 2.05) is 63.2 Å². The molecular weight excluding hydrogens is 337 g/mol. The van der Waals surface area contributed by atoms with Crippen LogP contribution in [-0.2, 0) is 17.4 Å². The molecule has 0 aliphatic rings. The van der Waals surface area contributed by atoms with Gasteiger partial charge in [0.05, 0.1) is 28.9 Å². The predicted octanol–water partition coefficient (Wildman–Crippen LogP) is 4.37. The van der Waals surface area contributed by atoms with Gasteiger partial charge in [-0.15, -0.1) is 0 Å². The number of nitrogens with one attached hydrogen (secondary N) is 1. The van der Waals surface area contributed by atoms with Crippen LogP contribution < -0.4 is 9.46 Å². The molecule has 3 nitrogen and oxygen atoms in total. The van der Waals surface area contributed by atoms with Crippen molar-refractivity contribution >= 4 is 11.0 Å². The number of rotatable bonds is 7. The molecule has 1 unspecified atom stereocenters. The minimum absolute atomic E-state index is 0.256. The van der Waals surface area contributed by atoms with E-state index in [1.54, 1.807) is 19.2 Å². The lowest BCUT2D eigenvalue weighted by molar-refractivity contribution is 0.270. The Morgan fingerprint density at radius 2 is 1.68 bits per heavy atom. The molecule has 25 heavy (non-hydrogen) atoms. The minimum atomic E-state index is -1.37. The number of halogens is 1. The molecule has 0 radical (unpaired) electrons. The summed E-state index contributed by atoms with van der Waals surface area (Å²) in [6, 6.07) is 16.0. The van der Waals surface area contributed by atoms with E-state index in [0.29, 0.717) is 5.75 Å². The van der Waals surface area contributed by atoms with E-state index in [0.717, 1.165) is 11.1 Å². The summed E-state index contributed by atoms with van der Waals surface area (Å²) in [5.41, 5.74) is 1.67. The molecule has 0 saturated heterocycles. The summed E-state index contributed by atoms with van der Waals surface area (Å²) in [7, 11) is 0.215. The molecule has 2 aromatic rings. The van der Waals surface area contributed by atoms with Crippen LogP contribution in [0.5, 0.6) is 5.75 Å². The van der Waals surface area contributed by atoms with Gasteiger partial charge in [-0.1, -0.05) is 42.5 Å². The lowest BCUT2D eigenvalue weighted by Crippen LogP contribution is -2.39. The lowest BCUT2D eigenvalue weighted by atomic mass is 9.98. The fourth-order valence-corrected chi connectivity index (χ4v) is 3.28. The van der Waals surface area contributed by atoms with E-state index in [2.05, 4.69) is 4.72 Å². The Hall–Kier alpha value is -1.72. The largest absolute Gasteiger partial charge is 0.497 e. The third-order valence-electron chi connectivity index (χ3n) is 3.90. The van der Waals surface area contributed by atoms with Crippen molar-refractivity contribution in [2.24, 2.45) is 0 Å². The third kappa shape index (κ3) is 5.65. The highest BCUT2D eigenvalue weighted by Gasteiger charge is 2.29. The molecule has 0 aromatic heterocycles. The van der Waals surface area contributed by atoms with Crippen molar-refractivity contribution in [1.29, 1.82) is 0 Å². The molecule has 3 atom stereocenters. The first kappa shape index (κ1) is 19.6. The SMILES string of the molecule is COc1ccc([C@@H](NS(=O)C(C)(C)C)[C@H](F)Cc2ccccc2)cc1. The summed E-state index contributed by atoms with van der Waals surface area (Å²) in [6.07, 6.45) is -0.951. The smallest absolute Gasteiger partial charge is 0.124 e. The Bertz CT molecular complexity index is 683. The second-order valence-electron chi connectivity index (χ2n) is 6.96. The van der Waals surface area contributed by atoms with Gasteiger partial charge in [-0.3, -0.25) is 0 Å². The van der Waals surface area contributed by atoms with Crippen molar-refractivity contribution in [2.45, 2.75) is 44.2 Å². The summed E-state index contributed by atoms with van der Waals surface area (Å²) in [5, 5.41) is 0. The van der Waals surface area contributed by atoms with Gasteiger partial charge < -0.3 is 4.74 Å². The van der Waals surface area contributed by atoms with Crippen molar-refractivity contribution in [3.8, 4) is 5.75 Å². The first-order chi connectivity index (χ1) is 11.8. The number of alkyl halides is 1. The maximum atomic E-state index is 15.1. The number of ether oxygens (including phenoxy) is 1. The van der Waals surface area contributed by atoms with Crippen LogP contribution in [0.4, 0.5) is 4.39 Å². The fourth-order valence-electron chi connectivity index (χ4n) is 2.41. The highest BCUT2D eigenvalue weighted by Crippen LogP contribution is 2.26. The maximum absolute atomic E-state index is 15.1. The van der Waals surface area contributed by atoms with Gasteiger partial charge in [-0.05, 0) is 44.0 Å². The van der Waals surface area contributed by atoms with Crippen molar-refractivity contribution in [2.75, 3.05) is 7.11 Å². The van der Waals surface area contributed by atoms with Crippen molar-refractivity contribution in [1.82, 2.24) is 4.72 Å². The van der Waals surface area contributed by atoms with Gasteiger partial charge in [-0.2, -0.15) is 0 Å². The molecule has 0 heterocycles. The van der Waals surface area contributed by atoms with Gasteiger partial charge in [0.15, 0.2) is 0 Å². The predicted molar refractivity (Wildman–Crippen MR) is 102 cm³/mol. The minimum Gasteiger partial charge on any atom is -0.497 e. The van der Waals surface area contributed by atoms with Crippen LogP contribution in [-0.4, -0.2) is 22.2 Å². The van der Waals surface area contributed by atoms with Crippen LogP contribution >= 0.6 is 0 Å². The van der Waals surface area contributed by atoms with Gasteiger partial charge in [0.2, 0.25) is 0 Å². The van der Waals surface area contributed by atoms with E-state index in [-0.39, 0.29) is 6.42 Å². The van der Waals surface area contributed by atoms with Crippen LogP contribution in [0.1, 0.15) is 37.9 Å². The van der Waals surface area contributed by atoms with Crippen LogP contribution in [0.3, 0.4) is 0 Å². The summed E-state index contributed by atoms with van der Waals surface area (Å²) < 4.78 is 35.4. The monoisotopic (exact) mass is 363 g/mol. The van der Waals surface area contributed by atoms with E-state index in [1.165, 1.54) is 0 Å². The quantitative estimate of drug-likeness (QED) is 0.793. The summed E-state index contributed by atoms with van der Waals surface area (Å²) >= 11 is 0. The fraction of sp³-hybridized carbons (Fsp3) is 0.400. The van der Waals surface area contributed by atoms with Gasteiger partial charge in [-0.25, -0.2) is 13.3 Å². The molecule has 2 rings (SSSR count). The van der Waals surface area contributed by atoms with Crippen LogP contribution in [0.15, 0.2) is 54.6 Å². The van der Waals surface area contributed by atoms with Gasteiger partial charge in [0.1, 0.15) is 11.9 Å². The second-order valence-corrected chi connectivity index (χ2v) is 8.95. The average molecular weight is 363 g/mol. The molecule has 0 fully saturated rings. The van der Waals surface area contributed by atoms with Gasteiger partial charge >= 0.3 is 0 Å². The van der Waals surface area contributed by atoms with Crippen LogP contribution in [0, 0.1) is 0 Å². The van der Waals surface area contributed by atoms with Crippen molar-refractivity contribution in [3.05, 3.63) is 65.7 Å². The molecular formula is C20H26FNO2S. The zero-order valence-electron chi connectivity index (χ0n) is 15.2. The zero-order valence-corrected chi connectivity index (χ0v) is 16.0. The Morgan fingerprint density at radius 3 is 2.20 bits per heavy atom. The molecule has 0 aliphatic heterocycles. The Balaban J connectivity index is 2.25. The van der Waals surface area contributed by atoms with Crippen LogP contribution in [0.2, 0.25) is 0 Å². The van der Waals surface area contributed by atoms with Crippen molar-refractivity contribution in [3.63, 3.8) is 0 Å². The summed E-state index contributed by atoms with van der Waals surface area (Å²) in [5.74, 6) is 0.706. The molecule has 0 saturated carbocycles. The Kier molecular flexibility index (Phi) is 6.73. The second kappa shape index (κ2) is 8.59. The third-order valence-corrected chi connectivity index (χ3v) is 5.48. The molecule has 0 amide bonds. The maximum Gasteiger partial charge on any atom is 0.124 e. The Labute approximate surface area is 152 Å². The highest BCUT2D eigenvalue weighted by atomic mass is 32.2. The lowest BCUT2D eigenvalue weighted by Gasteiger charge is -2.27.